The summed E-state index contributed by atoms with van der Waals surface area (Å²) in [4.78, 5) is 39.1. The molecule has 1 aromatic heterocycles. The van der Waals surface area contributed by atoms with E-state index in [0.29, 0.717) is 0 Å². The first-order valence-electron chi connectivity index (χ1n) is 4.30. The predicted octanol–water partition coefficient (Wildman–Crippen LogP) is -3.37. The van der Waals surface area contributed by atoms with E-state index >= 15 is 0 Å². The van der Waals surface area contributed by atoms with Crippen LogP contribution < -0.4 is 29.6 Å². The van der Waals surface area contributed by atoms with Crippen LogP contribution in [0.3, 0.4) is 0 Å². The van der Waals surface area contributed by atoms with Crippen LogP contribution in [0.1, 0.15) is 5.56 Å². The van der Waals surface area contributed by atoms with Crippen LogP contribution in [0.4, 0.5) is 0 Å². The van der Waals surface area contributed by atoms with Crippen molar-refractivity contribution in [1.82, 2.24) is 4.98 Å². The Labute approximate surface area is 125 Å². The summed E-state index contributed by atoms with van der Waals surface area (Å²) in [6.07, 6.45) is 1.63. The molecule has 96 valence electrons. The van der Waals surface area contributed by atoms with Crippen LogP contribution in [0.25, 0.3) is 0 Å². The van der Waals surface area contributed by atoms with Crippen LogP contribution in [-0.4, -0.2) is 34.7 Å². The predicted molar refractivity (Wildman–Crippen MR) is 57.0 cm³/mol. The standard InChI is InChI=1S/C7H11NO7P2.Na/c9-7(16(10,11)12,17(13,14)15)4-6-2-1-3-8-5-6;/h1-3,5,9H,4H2,(H2,10,11,12)(H2,13,14,15);/q;+1. The second-order valence-electron chi connectivity index (χ2n) is 3.40. The minimum Gasteiger partial charge on any atom is -0.367 e. The maximum absolute atomic E-state index is 11.0. The van der Waals surface area contributed by atoms with Crippen molar-refractivity contribution in [3.8, 4) is 0 Å². The van der Waals surface area contributed by atoms with Gasteiger partial charge in [0, 0.05) is 18.8 Å². The molecule has 1 heterocycles. The molecule has 0 aliphatic carbocycles. The molecule has 0 aliphatic heterocycles. The van der Waals surface area contributed by atoms with Gasteiger partial charge < -0.3 is 24.7 Å². The number of rotatable bonds is 4. The molecule has 0 amide bonds. The largest absolute Gasteiger partial charge is 1.00 e. The van der Waals surface area contributed by atoms with Crippen LogP contribution in [0, 0.1) is 0 Å². The summed E-state index contributed by atoms with van der Waals surface area (Å²) in [5.74, 6) is 0. The monoisotopic (exact) mass is 306 g/mol. The Morgan fingerprint density at radius 3 is 2.00 bits per heavy atom. The molecule has 5 N–H and O–H groups in total. The van der Waals surface area contributed by atoms with E-state index in [0.717, 1.165) is 6.20 Å². The molecule has 0 aromatic carbocycles. The molecule has 0 unspecified atom stereocenters. The molecule has 0 atom stereocenters. The summed E-state index contributed by atoms with van der Waals surface area (Å²) >= 11 is 0. The summed E-state index contributed by atoms with van der Waals surface area (Å²) in [6.45, 7) is 0. The van der Waals surface area contributed by atoms with Gasteiger partial charge in [0.25, 0.3) is 5.08 Å². The van der Waals surface area contributed by atoms with Crippen LogP contribution >= 0.6 is 15.2 Å². The summed E-state index contributed by atoms with van der Waals surface area (Å²) < 4.78 is 22.1. The third kappa shape index (κ3) is 3.95. The van der Waals surface area contributed by atoms with Crippen molar-refractivity contribution in [2.75, 3.05) is 0 Å². The summed E-state index contributed by atoms with van der Waals surface area (Å²) in [5, 5.41) is 6.16. The van der Waals surface area contributed by atoms with Gasteiger partial charge in [-0.3, -0.25) is 14.1 Å². The van der Waals surface area contributed by atoms with E-state index in [4.69, 9.17) is 19.6 Å². The Morgan fingerprint density at radius 1 is 1.17 bits per heavy atom. The van der Waals surface area contributed by atoms with Gasteiger partial charge in [0.2, 0.25) is 0 Å². The average molecular weight is 306 g/mol. The summed E-state index contributed by atoms with van der Waals surface area (Å²) in [5.41, 5.74) is 0.0988. The van der Waals surface area contributed by atoms with Crippen molar-refractivity contribution < 1.29 is 63.4 Å². The van der Waals surface area contributed by atoms with E-state index in [9.17, 15) is 14.2 Å². The Kier molecular flexibility index (Phi) is 6.38. The van der Waals surface area contributed by atoms with Crippen LogP contribution in [0.5, 0.6) is 0 Å². The molecule has 11 heteroatoms. The van der Waals surface area contributed by atoms with Gasteiger partial charge in [-0.2, -0.15) is 0 Å². The van der Waals surface area contributed by atoms with Crippen LogP contribution in [-0.2, 0) is 15.6 Å². The molecule has 0 saturated carbocycles. The fourth-order valence-electron chi connectivity index (χ4n) is 1.15. The Bertz CT molecular complexity index is 462. The molecule has 18 heavy (non-hydrogen) atoms. The third-order valence-corrected chi connectivity index (χ3v) is 5.84. The van der Waals surface area contributed by atoms with E-state index in [1.807, 2.05) is 0 Å². The van der Waals surface area contributed by atoms with E-state index in [1.165, 1.54) is 18.3 Å². The van der Waals surface area contributed by atoms with Gasteiger partial charge in [-0.25, -0.2) is 0 Å². The van der Waals surface area contributed by atoms with Crippen molar-refractivity contribution in [2.45, 2.75) is 11.5 Å². The first-order valence-corrected chi connectivity index (χ1v) is 7.53. The first-order chi connectivity index (χ1) is 7.58. The molecular weight excluding hydrogens is 295 g/mol. The fourth-order valence-corrected chi connectivity index (χ4v) is 3.29. The molecule has 1 aromatic rings. The zero-order valence-electron chi connectivity index (χ0n) is 9.41. The summed E-state index contributed by atoms with van der Waals surface area (Å²) in [6, 6.07) is 2.75. The molecule has 0 saturated heterocycles. The van der Waals surface area contributed by atoms with Gasteiger partial charge >= 0.3 is 44.7 Å². The van der Waals surface area contributed by atoms with Gasteiger partial charge in [0.1, 0.15) is 0 Å². The summed E-state index contributed by atoms with van der Waals surface area (Å²) in [7, 11) is -10.8. The number of nitrogens with zero attached hydrogens (tertiary/aromatic N) is 1. The maximum Gasteiger partial charge on any atom is 1.00 e. The van der Waals surface area contributed by atoms with Gasteiger partial charge in [-0.05, 0) is 11.6 Å². The number of aliphatic hydroxyl groups is 1. The third-order valence-electron chi connectivity index (χ3n) is 2.10. The van der Waals surface area contributed by atoms with Crippen molar-refractivity contribution in [1.29, 1.82) is 0 Å². The van der Waals surface area contributed by atoms with Crippen molar-refractivity contribution in [3.05, 3.63) is 30.1 Å². The van der Waals surface area contributed by atoms with Gasteiger partial charge in [0.15, 0.2) is 0 Å². The molecule has 0 spiro atoms. The van der Waals surface area contributed by atoms with E-state index in [-0.39, 0.29) is 35.1 Å². The Balaban J connectivity index is 0.00000289. The quantitative estimate of drug-likeness (QED) is 0.286. The van der Waals surface area contributed by atoms with Gasteiger partial charge in [-0.1, -0.05) is 6.07 Å². The molecule has 0 aliphatic rings. The molecule has 0 fully saturated rings. The average Bonchev–Trinajstić information content (AvgIpc) is 2.15. The normalized spacial score (nSPS) is 12.9. The van der Waals surface area contributed by atoms with Crippen molar-refractivity contribution in [2.24, 2.45) is 0 Å². The molecule has 8 nitrogen and oxygen atoms in total. The second-order valence-corrected chi connectivity index (χ2v) is 7.41. The zero-order chi connectivity index (χ0) is 13.3. The number of hydrogen-bond acceptors (Lipinski definition) is 4. The Morgan fingerprint density at radius 2 is 1.67 bits per heavy atom. The second kappa shape index (κ2) is 6.24. The van der Waals surface area contributed by atoms with Crippen LogP contribution in [0.2, 0.25) is 0 Å². The van der Waals surface area contributed by atoms with Crippen LogP contribution in [0.15, 0.2) is 24.5 Å². The SMILES string of the molecule is O=P(O)(O)C(O)(Cc1cccnc1)P(=O)(O)O.[Na+]. The van der Waals surface area contributed by atoms with Crippen molar-refractivity contribution >= 4 is 15.2 Å². The topological polar surface area (TPSA) is 148 Å². The first kappa shape index (κ1) is 18.4. The minimum atomic E-state index is -5.41. The number of aromatic nitrogens is 1. The zero-order valence-corrected chi connectivity index (χ0v) is 13.2. The van der Waals surface area contributed by atoms with Gasteiger partial charge in [0.05, 0.1) is 0 Å². The van der Waals surface area contributed by atoms with E-state index < -0.39 is 26.7 Å². The van der Waals surface area contributed by atoms with E-state index in [1.54, 1.807) is 0 Å². The molecule has 0 bridgehead atoms. The van der Waals surface area contributed by atoms with Crippen molar-refractivity contribution in [3.63, 3.8) is 0 Å². The molecule has 1 rings (SSSR count). The molecule has 0 radical (unpaired) electrons. The number of hydrogen-bond donors (Lipinski definition) is 5. The minimum absolute atomic E-state index is 0. The van der Waals surface area contributed by atoms with E-state index in [2.05, 4.69) is 4.98 Å². The van der Waals surface area contributed by atoms with Gasteiger partial charge in [-0.15, -0.1) is 0 Å². The fraction of sp³-hybridized carbons (Fsp3) is 0.286. The maximum atomic E-state index is 11.0. The number of pyridine rings is 1. The smallest absolute Gasteiger partial charge is 0.367 e. The molecular formula is C7H11NNaO7P2+. The Hall–Kier alpha value is 0.410.